The SMILES string of the molecule is CN(CC1CC2CCC1C2)c1cccc(C(N)=O)c1N. The van der Waals surface area contributed by atoms with E-state index in [0.29, 0.717) is 11.3 Å². The third-order valence-corrected chi connectivity index (χ3v) is 5.15. The first-order chi connectivity index (χ1) is 9.56. The van der Waals surface area contributed by atoms with Crippen LogP contribution < -0.4 is 16.4 Å². The van der Waals surface area contributed by atoms with Crippen molar-refractivity contribution >= 4 is 17.3 Å². The van der Waals surface area contributed by atoms with E-state index in [1.165, 1.54) is 25.7 Å². The molecule has 2 saturated carbocycles. The minimum absolute atomic E-state index is 0.419. The van der Waals surface area contributed by atoms with Gasteiger partial charge in [-0.1, -0.05) is 12.5 Å². The Kier molecular flexibility index (Phi) is 3.32. The van der Waals surface area contributed by atoms with Gasteiger partial charge in [-0.3, -0.25) is 4.79 Å². The van der Waals surface area contributed by atoms with Gasteiger partial charge in [-0.05, 0) is 49.1 Å². The Bertz CT molecular complexity index is 528. The summed E-state index contributed by atoms with van der Waals surface area (Å²) in [4.78, 5) is 13.6. The van der Waals surface area contributed by atoms with Crippen LogP contribution in [0.2, 0.25) is 0 Å². The zero-order chi connectivity index (χ0) is 14.3. The van der Waals surface area contributed by atoms with Gasteiger partial charge in [-0.25, -0.2) is 0 Å². The van der Waals surface area contributed by atoms with Crippen molar-refractivity contribution in [1.29, 1.82) is 0 Å². The van der Waals surface area contributed by atoms with Gasteiger partial charge >= 0.3 is 0 Å². The van der Waals surface area contributed by atoms with Crippen LogP contribution in [0.1, 0.15) is 36.0 Å². The molecule has 3 rings (SSSR count). The second kappa shape index (κ2) is 5.00. The Morgan fingerprint density at radius 1 is 1.35 bits per heavy atom. The molecule has 4 nitrogen and oxygen atoms in total. The van der Waals surface area contributed by atoms with Gasteiger partial charge in [0.25, 0.3) is 5.91 Å². The molecule has 3 unspecified atom stereocenters. The first kappa shape index (κ1) is 13.3. The van der Waals surface area contributed by atoms with E-state index in [2.05, 4.69) is 11.9 Å². The van der Waals surface area contributed by atoms with Crippen molar-refractivity contribution in [2.75, 3.05) is 24.2 Å². The highest BCUT2D eigenvalue weighted by Gasteiger charge is 2.39. The zero-order valence-electron chi connectivity index (χ0n) is 12.0. The van der Waals surface area contributed by atoms with Crippen LogP contribution in [0.25, 0.3) is 0 Å². The molecule has 0 aromatic heterocycles. The van der Waals surface area contributed by atoms with Crippen molar-refractivity contribution < 1.29 is 4.79 Å². The lowest BCUT2D eigenvalue weighted by molar-refractivity contribution is 0.100. The number of carbonyl (C=O) groups is 1. The summed E-state index contributed by atoms with van der Waals surface area (Å²) >= 11 is 0. The fourth-order valence-electron chi connectivity index (χ4n) is 4.15. The fraction of sp³-hybridized carbons (Fsp3) is 0.562. The van der Waals surface area contributed by atoms with Crippen molar-refractivity contribution in [3.8, 4) is 0 Å². The van der Waals surface area contributed by atoms with Crippen LogP contribution in [-0.4, -0.2) is 19.5 Å². The van der Waals surface area contributed by atoms with Crippen molar-refractivity contribution in [3.63, 3.8) is 0 Å². The van der Waals surface area contributed by atoms with E-state index in [1.807, 2.05) is 12.1 Å². The number of anilines is 2. The smallest absolute Gasteiger partial charge is 0.250 e. The average Bonchev–Trinajstić information content (AvgIpc) is 3.00. The molecule has 0 heterocycles. The number of para-hydroxylation sites is 1. The molecule has 2 bridgehead atoms. The Hall–Kier alpha value is -1.71. The summed E-state index contributed by atoms with van der Waals surface area (Å²) in [6, 6.07) is 5.50. The molecule has 1 amide bonds. The Labute approximate surface area is 120 Å². The molecule has 2 fully saturated rings. The summed E-state index contributed by atoms with van der Waals surface area (Å²) in [6.07, 6.45) is 5.57. The summed E-state index contributed by atoms with van der Waals surface area (Å²) in [6.45, 7) is 1.02. The average molecular weight is 273 g/mol. The van der Waals surface area contributed by atoms with Gasteiger partial charge in [-0.2, -0.15) is 0 Å². The normalized spacial score (nSPS) is 27.8. The standard InChI is InChI=1S/C16H23N3O/c1-19(9-12-8-10-5-6-11(12)7-10)14-4-2-3-13(15(14)17)16(18)20/h2-4,10-12H,5-9,17H2,1H3,(H2,18,20). The van der Waals surface area contributed by atoms with Crippen molar-refractivity contribution in [2.24, 2.45) is 23.5 Å². The number of primary amides is 1. The topological polar surface area (TPSA) is 72.3 Å². The summed E-state index contributed by atoms with van der Waals surface area (Å²) in [5.41, 5.74) is 13.3. The van der Waals surface area contributed by atoms with Crippen molar-refractivity contribution in [2.45, 2.75) is 25.7 Å². The minimum Gasteiger partial charge on any atom is -0.396 e. The second-order valence-corrected chi connectivity index (χ2v) is 6.42. The van der Waals surface area contributed by atoms with Gasteiger partial charge in [0, 0.05) is 13.6 Å². The molecule has 1 aromatic rings. The van der Waals surface area contributed by atoms with E-state index < -0.39 is 5.91 Å². The summed E-state index contributed by atoms with van der Waals surface area (Å²) in [7, 11) is 2.06. The molecule has 20 heavy (non-hydrogen) atoms. The van der Waals surface area contributed by atoms with Gasteiger partial charge in [0.1, 0.15) is 0 Å². The molecule has 4 heteroatoms. The molecule has 2 aliphatic carbocycles. The van der Waals surface area contributed by atoms with Gasteiger partial charge in [0.05, 0.1) is 16.9 Å². The molecular weight excluding hydrogens is 250 g/mol. The number of carbonyl (C=O) groups excluding carboxylic acids is 1. The fourth-order valence-corrected chi connectivity index (χ4v) is 4.15. The van der Waals surface area contributed by atoms with E-state index in [4.69, 9.17) is 11.5 Å². The maximum atomic E-state index is 11.4. The molecule has 3 atom stereocenters. The van der Waals surface area contributed by atoms with E-state index in [0.717, 1.165) is 30.0 Å². The molecule has 2 aliphatic rings. The zero-order valence-corrected chi connectivity index (χ0v) is 12.0. The van der Waals surface area contributed by atoms with E-state index in [9.17, 15) is 4.79 Å². The summed E-state index contributed by atoms with van der Waals surface area (Å²) < 4.78 is 0. The van der Waals surface area contributed by atoms with Gasteiger partial charge in [0.2, 0.25) is 0 Å². The second-order valence-electron chi connectivity index (χ2n) is 6.42. The number of hydrogen-bond donors (Lipinski definition) is 2. The van der Waals surface area contributed by atoms with Crippen LogP contribution in [0.15, 0.2) is 18.2 Å². The third-order valence-electron chi connectivity index (χ3n) is 5.15. The predicted octanol–water partition coefficient (Wildman–Crippen LogP) is 2.24. The quantitative estimate of drug-likeness (QED) is 0.826. The lowest BCUT2D eigenvalue weighted by Gasteiger charge is -2.29. The molecular formula is C16H23N3O. The molecule has 0 radical (unpaired) electrons. The van der Waals surface area contributed by atoms with Gasteiger partial charge in [-0.15, -0.1) is 0 Å². The van der Waals surface area contributed by atoms with Crippen molar-refractivity contribution in [3.05, 3.63) is 23.8 Å². The number of nitrogen functional groups attached to an aromatic ring is 1. The predicted molar refractivity (Wildman–Crippen MR) is 81.6 cm³/mol. The number of hydrogen-bond acceptors (Lipinski definition) is 3. The minimum atomic E-state index is -0.460. The maximum absolute atomic E-state index is 11.4. The van der Waals surface area contributed by atoms with Gasteiger partial charge in [0.15, 0.2) is 0 Å². The van der Waals surface area contributed by atoms with Gasteiger partial charge < -0.3 is 16.4 Å². The highest BCUT2D eigenvalue weighted by Crippen LogP contribution is 2.48. The highest BCUT2D eigenvalue weighted by atomic mass is 16.1. The molecule has 0 spiro atoms. The molecule has 0 saturated heterocycles. The number of benzene rings is 1. The highest BCUT2D eigenvalue weighted by molar-refractivity contribution is 6.00. The third kappa shape index (κ3) is 2.23. The number of nitrogens with zero attached hydrogens (tertiary/aromatic N) is 1. The Balaban J connectivity index is 1.75. The van der Waals surface area contributed by atoms with Crippen LogP contribution in [0, 0.1) is 17.8 Å². The van der Waals surface area contributed by atoms with E-state index >= 15 is 0 Å². The largest absolute Gasteiger partial charge is 0.396 e. The monoisotopic (exact) mass is 273 g/mol. The number of nitrogens with two attached hydrogens (primary N) is 2. The van der Waals surface area contributed by atoms with Crippen molar-refractivity contribution in [1.82, 2.24) is 0 Å². The van der Waals surface area contributed by atoms with E-state index in [-0.39, 0.29) is 0 Å². The molecule has 1 aromatic carbocycles. The number of rotatable bonds is 4. The van der Waals surface area contributed by atoms with Crippen LogP contribution in [-0.2, 0) is 0 Å². The summed E-state index contributed by atoms with van der Waals surface area (Å²) in [5.74, 6) is 2.16. The number of amides is 1. The van der Waals surface area contributed by atoms with Crippen LogP contribution in [0.3, 0.4) is 0 Å². The lowest BCUT2D eigenvalue weighted by atomic mass is 9.88. The van der Waals surface area contributed by atoms with Crippen LogP contribution in [0.4, 0.5) is 11.4 Å². The van der Waals surface area contributed by atoms with E-state index in [1.54, 1.807) is 6.07 Å². The first-order valence-electron chi connectivity index (χ1n) is 7.45. The van der Waals surface area contributed by atoms with Crippen LogP contribution in [0.5, 0.6) is 0 Å². The van der Waals surface area contributed by atoms with Crippen LogP contribution >= 0.6 is 0 Å². The molecule has 0 aliphatic heterocycles. The Morgan fingerprint density at radius 2 is 2.15 bits per heavy atom. The molecule has 4 N–H and O–H groups in total. The maximum Gasteiger partial charge on any atom is 0.250 e. The molecule has 108 valence electrons. The number of fused-ring (bicyclic) bond motifs is 2. The lowest BCUT2D eigenvalue weighted by Crippen LogP contribution is -2.29. The Morgan fingerprint density at radius 3 is 2.75 bits per heavy atom. The summed E-state index contributed by atoms with van der Waals surface area (Å²) in [5, 5.41) is 0. The first-order valence-corrected chi connectivity index (χ1v) is 7.45.